The van der Waals surface area contributed by atoms with Gasteiger partial charge in [0.15, 0.2) is 5.52 Å². The number of ether oxygens (including phenoxy) is 1. The molecule has 0 saturated heterocycles. The lowest BCUT2D eigenvalue weighted by Gasteiger charge is -2.06. The first-order valence-electron chi connectivity index (χ1n) is 7.95. The van der Waals surface area contributed by atoms with Crippen molar-refractivity contribution in [2.75, 3.05) is 0 Å². The number of aromatic amines is 1. The lowest BCUT2D eigenvalue weighted by molar-refractivity contribution is 0.293. The van der Waals surface area contributed by atoms with Crippen LogP contribution in [-0.4, -0.2) is 19.7 Å². The maximum absolute atomic E-state index is 12.2. The molecule has 0 fully saturated rings. The van der Waals surface area contributed by atoms with E-state index in [4.69, 9.17) is 4.74 Å². The van der Waals surface area contributed by atoms with Crippen molar-refractivity contribution in [3.8, 4) is 5.88 Å². The average molecular weight is 332 g/mol. The van der Waals surface area contributed by atoms with Gasteiger partial charge in [-0.3, -0.25) is 4.79 Å². The second-order valence-corrected chi connectivity index (χ2v) is 5.69. The van der Waals surface area contributed by atoms with E-state index in [1.54, 1.807) is 10.9 Å². The van der Waals surface area contributed by atoms with Crippen molar-refractivity contribution < 1.29 is 4.74 Å². The van der Waals surface area contributed by atoms with E-state index in [9.17, 15) is 4.79 Å². The normalized spacial score (nSPS) is 10.9. The second kappa shape index (κ2) is 6.60. The molecular weight excluding hydrogens is 316 g/mol. The molecule has 2 aromatic heterocycles. The van der Waals surface area contributed by atoms with Crippen LogP contribution in [0.25, 0.3) is 11.0 Å². The first-order chi connectivity index (χ1) is 12.3. The molecule has 6 heteroatoms. The van der Waals surface area contributed by atoms with Crippen molar-refractivity contribution in [3.63, 3.8) is 0 Å². The fourth-order valence-electron chi connectivity index (χ4n) is 2.71. The molecule has 4 rings (SSSR count). The monoisotopic (exact) mass is 332 g/mol. The number of nitrogens with one attached hydrogen (secondary N) is 1. The first-order valence-corrected chi connectivity index (χ1v) is 7.95. The molecule has 2 aromatic carbocycles. The number of hydrogen-bond donors (Lipinski definition) is 1. The summed E-state index contributed by atoms with van der Waals surface area (Å²) in [5.41, 5.74) is 2.75. The van der Waals surface area contributed by atoms with Crippen LogP contribution in [0.15, 0.2) is 71.8 Å². The van der Waals surface area contributed by atoms with Crippen LogP contribution in [0.5, 0.6) is 5.88 Å². The lowest BCUT2D eigenvalue weighted by atomic mass is 10.2. The summed E-state index contributed by atoms with van der Waals surface area (Å²) in [7, 11) is 0. The number of fused-ring (bicyclic) bond motifs is 1. The third-order valence-corrected chi connectivity index (χ3v) is 3.93. The van der Waals surface area contributed by atoms with E-state index in [-0.39, 0.29) is 5.56 Å². The van der Waals surface area contributed by atoms with Crippen LogP contribution in [0, 0.1) is 0 Å². The smallest absolute Gasteiger partial charge is 0.290 e. The van der Waals surface area contributed by atoms with Gasteiger partial charge in [0, 0.05) is 6.54 Å². The van der Waals surface area contributed by atoms with Crippen molar-refractivity contribution in [1.29, 1.82) is 0 Å². The van der Waals surface area contributed by atoms with Gasteiger partial charge in [0.25, 0.3) is 11.4 Å². The number of imidazole rings is 1. The molecule has 0 spiro atoms. The number of hydrogen-bond acceptors (Lipinski definition) is 4. The average Bonchev–Trinajstić information content (AvgIpc) is 3.08. The SMILES string of the molecule is O=c1[nH]nc(OCc2ccccc2)c2ncn(Cc3ccccc3)c12. The third-order valence-electron chi connectivity index (χ3n) is 3.93. The zero-order valence-corrected chi connectivity index (χ0v) is 13.4. The van der Waals surface area contributed by atoms with Crippen LogP contribution >= 0.6 is 0 Å². The molecule has 0 aliphatic heterocycles. The van der Waals surface area contributed by atoms with Crippen molar-refractivity contribution in [3.05, 3.63) is 88.5 Å². The standard InChI is InChI=1S/C19H16N4O2/c24-18-17-16(20-13-23(17)11-14-7-3-1-4-8-14)19(22-21-18)25-12-15-9-5-2-6-10-15/h1-10,13H,11-12H2,(H,21,24). The van der Waals surface area contributed by atoms with E-state index in [1.165, 1.54) is 0 Å². The minimum absolute atomic E-state index is 0.282. The highest BCUT2D eigenvalue weighted by Crippen LogP contribution is 2.20. The summed E-state index contributed by atoms with van der Waals surface area (Å²) >= 11 is 0. The van der Waals surface area contributed by atoms with E-state index in [0.717, 1.165) is 11.1 Å². The lowest BCUT2D eigenvalue weighted by Crippen LogP contribution is -2.14. The number of aromatic nitrogens is 4. The third kappa shape index (κ3) is 3.14. The van der Waals surface area contributed by atoms with E-state index >= 15 is 0 Å². The largest absolute Gasteiger partial charge is 0.470 e. The Hall–Kier alpha value is -3.41. The molecular formula is C19H16N4O2. The van der Waals surface area contributed by atoms with Crippen LogP contribution < -0.4 is 10.3 Å². The molecule has 4 aromatic rings. The predicted molar refractivity (Wildman–Crippen MR) is 94.5 cm³/mol. The van der Waals surface area contributed by atoms with E-state index in [2.05, 4.69) is 15.2 Å². The molecule has 0 atom stereocenters. The maximum Gasteiger partial charge on any atom is 0.290 e. The van der Waals surface area contributed by atoms with Crippen LogP contribution in [0.1, 0.15) is 11.1 Å². The number of H-pyrrole nitrogens is 1. The van der Waals surface area contributed by atoms with Crippen molar-refractivity contribution in [2.45, 2.75) is 13.2 Å². The quantitative estimate of drug-likeness (QED) is 0.610. The minimum Gasteiger partial charge on any atom is -0.470 e. The molecule has 6 nitrogen and oxygen atoms in total. The summed E-state index contributed by atoms with van der Waals surface area (Å²) in [6, 6.07) is 19.7. The number of nitrogens with zero attached hydrogens (tertiary/aromatic N) is 3. The fraction of sp³-hybridized carbons (Fsp3) is 0.105. The number of benzene rings is 2. The Morgan fingerprint density at radius 3 is 2.36 bits per heavy atom. The zero-order chi connectivity index (χ0) is 17.1. The van der Waals surface area contributed by atoms with Gasteiger partial charge in [0.05, 0.1) is 6.33 Å². The van der Waals surface area contributed by atoms with Crippen LogP contribution in [0.2, 0.25) is 0 Å². The molecule has 0 amide bonds. The molecule has 1 N–H and O–H groups in total. The fourth-order valence-corrected chi connectivity index (χ4v) is 2.71. The van der Waals surface area contributed by atoms with Crippen molar-refractivity contribution in [2.24, 2.45) is 0 Å². The Labute approximate surface area is 143 Å². The summed E-state index contributed by atoms with van der Waals surface area (Å²) < 4.78 is 7.57. The van der Waals surface area contributed by atoms with Gasteiger partial charge in [-0.25, -0.2) is 10.1 Å². The molecule has 0 aliphatic carbocycles. The molecule has 2 heterocycles. The van der Waals surface area contributed by atoms with Gasteiger partial charge in [-0.2, -0.15) is 0 Å². The molecule has 0 radical (unpaired) electrons. The Morgan fingerprint density at radius 2 is 1.64 bits per heavy atom. The Morgan fingerprint density at radius 1 is 0.960 bits per heavy atom. The first kappa shape index (κ1) is 15.1. The Kier molecular flexibility index (Phi) is 4.00. The molecule has 25 heavy (non-hydrogen) atoms. The highest BCUT2D eigenvalue weighted by molar-refractivity contribution is 5.78. The van der Waals surface area contributed by atoms with Crippen LogP contribution in [0.3, 0.4) is 0 Å². The molecule has 0 bridgehead atoms. The zero-order valence-electron chi connectivity index (χ0n) is 13.4. The summed E-state index contributed by atoms with van der Waals surface area (Å²) in [5, 5.41) is 6.51. The second-order valence-electron chi connectivity index (χ2n) is 5.69. The highest BCUT2D eigenvalue weighted by Gasteiger charge is 2.14. The Balaban J connectivity index is 1.66. The van der Waals surface area contributed by atoms with Crippen LogP contribution in [0.4, 0.5) is 0 Å². The van der Waals surface area contributed by atoms with E-state index in [0.29, 0.717) is 30.1 Å². The van der Waals surface area contributed by atoms with Crippen molar-refractivity contribution in [1.82, 2.24) is 19.7 Å². The van der Waals surface area contributed by atoms with Gasteiger partial charge >= 0.3 is 0 Å². The van der Waals surface area contributed by atoms with Gasteiger partial charge in [-0.05, 0) is 11.1 Å². The highest BCUT2D eigenvalue weighted by atomic mass is 16.5. The van der Waals surface area contributed by atoms with Gasteiger partial charge in [0.2, 0.25) is 0 Å². The molecule has 0 unspecified atom stereocenters. The minimum atomic E-state index is -0.282. The van der Waals surface area contributed by atoms with Gasteiger partial charge < -0.3 is 9.30 Å². The summed E-state index contributed by atoms with van der Waals surface area (Å²) in [6.45, 7) is 0.920. The predicted octanol–water partition coefficient (Wildman–Crippen LogP) is 2.75. The molecule has 0 aliphatic rings. The van der Waals surface area contributed by atoms with Crippen molar-refractivity contribution >= 4 is 11.0 Å². The van der Waals surface area contributed by atoms with E-state index < -0.39 is 0 Å². The summed E-state index contributed by atoms with van der Waals surface area (Å²) in [6.07, 6.45) is 1.64. The Bertz CT molecular complexity index is 1040. The summed E-state index contributed by atoms with van der Waals surface area (Å²) in [4.78, 5) is 16.6. The van der Waals surface area contributed by atoms with E-state index in [1.807, 2.05) is 60.7 Å². The summed E-state index contributed by atoms with van der Waals surface area (Å²) in [5.74, 6) is 0.324. The van der Waals surface area contributed by atoms with Gasteiger partial charge in [0.1, 0.15) is 12.1 Å². The molecule has 124 valence electrons. The molecule has 0 saturated carbocycles. The number of rotatable bonds is 5. The van der Waals surface area contributed by atoms with Gasteiger partial charge in [-0.1, -0.05) is 60.7 Å². The van der Waals surface area contributed by atoms with Crippen LogP contribution in [-0.2, 0) is 13.2 Å². The topological polar surface area (TPSA) is 72.8 Å². The van der Waals surface area contributed by atoms with Gasteiger partial charge in [-0.15, -0.1) is 5.10 Å². The maximum atomic E-state index is 12.2.